The number of phosphoric acid groups is 1. The van der Waals surface area contributed by atoms with Crippen LogP contribution in [0, 0.1) is 0 Å². The predicted octanol–water partition coefficient (Wildman–Crippen LogP) is -4.91. The van der Waals surface area contributed by atoms with E-state index in [1.807, 2.05) is 0 Å². The molecule has 11 heteroatoms. The number of aliphatic hydroxyl groups excluding tert-OH is 4. The average Bonchev–Trinajstić information content (AvgIpc) is 2.21. The molecule has 0 radical (unpaired) electrons. The maximum absolute atomic E-state index is 10.0. The van der Waals surface area contributed by atoms with Crippen LogP contribution in [0.4, 0.5) is 0 Å². The Morgan fingerprint density at radius 2 is 1.65 bits per heavy atom. The van der Waals surface area contributed by atoms with Crippen molar-refractivity contribution in [2.75, 3.05) is 6.61 Å². The van der Waals surface area contributed by atoms with Crippen LogP contribution < -0.4 is 9.79 Å². The summed E-state index contributed by atoms with van der Waals surface area (Å²) in [5.74, 6) is 0. The number of phosphoric ester groups is 1. The third-order valence-electron chi connectivity index (χ3n) is 1.64. The fraction of sp³-hybridized carbons (Fsp3) is 0.833. The monoisotopic (exact) mass is 396 g/mol. The minimum absolute atomic E-state index is 0. The van der Waals surface area contributed by atoms with Gasteiger partial charge in [-0.3, -0.25) is 0 Å². The Labute approximate surface area is 137 Å². The van der Waals surface area contributed by atoms with Crippen LogP contribution in [0.1, 0.15) is 0 Å². The van der Waals surface area contributed by atoms with Crippen LogP contribution in [-0.4, -0.2) is 107 Å². The molecule has 0 rings (SSSR count). The molecule has 0 fully saturated rings. The quantitative estimate of drug-likeness (QED) is 0.187. The molecule has 0 bridgehead atoms. The summed E-state index contributed by atoms with van der Waals surface area (Å²) in [5.41, 5.74) is 0. The van der Waals surface area contributed by atoms with Gasteiger partial charge in [-0.15, -0.1) is 0 Å². The van der Waals surface area contributed by atoms with Crippen molar-refractivity contribution in [1.29, 1.82) is 0 Å². The number of aliphatic hydroxyl groups is 4. The Hall–Kier alpha value is 1.19. The molecule has 0 aliphatic heterocycles. The van der Waals surface area contributed by atoms with Gasteiger partial charge in [0, 0.05) is 0 Å². The first-order chi connectivity index (χ1) is 7.19. The summed E-state index contributed by atoms with van der Waals surface area (Å²) in [6, 6.07) is 0. The van der Waals surface area contributed by atoms with E-state index in [2.05, 4.69) is 4.52 Å². The molecule has 17 heavy (non-hydrogen) atoms. The molecule has 0 spiro atoms. The molecule has 0 saturated carbocycles. The van der Waals surface area contributed by atoms with Crippen molar-refractivity contribution < 1.29 is 44.1 Å². The fourth-order valence-electron chi connectivity index (χ4n) is 0.776. The summed E-state index contributed by atoms with van der Waals surface area (Å²) in [4.78, 5) is 30.0. The second kappa shape index (κ2) is 9.15. The zero-order valence-electron chi connectivity index (χ0n) is 8.58. The van der Waals surface area contributed by atoms with Gasteiger partial charge in [-0.05, 0) is 0 Å². The summed E-state index contributed by atoms with van der Waals surface area (Å²) >= 11 is 0. The van der Waals surface area contributed by atoms with Gasteiger partial charge in [0.25, 0.3) is 0 Å². The fourth-order valence-corrected chi connectivity index (χ4v) is 1.11. The second-order valence-electron chi connectivity index (χ2n) is 2.92. The van der Waals surface area contributed by atoms with Gasteiger partial charge in [-0.25, -0.2) is 0 Å². The molecule has 4 N–H and O–H groups in total. The van der Waals surface area contributed by atoms with Crippen LogP contribution in [-0.2, 0) is 13.9 Å². The number of carbonyl (C=O) groups is 1. The SMILES string of the molecule is O=C[C@H](O)[C@@H](O)[C@H](O)[C@H](O)COP(=O)([O-])[O-].[Ba+2]. The van der Waals surface area contributed by atoms with Crippen LogP contribution in [0.25, 0.3) is 0 Å². The maximum atomic E-state index is 10.0. The van der Waals surface area contributed by atoms with Crippen molar-refractivity contribution in [1.82, 2.24) is 0 Å². The van der Waals surface area contributed by atoms with E-state index in [4.69, 9.17) is 20.4 Å². The number of hydrogen-bond donors (Lipinski definition) is 4. The van der Waals surface area contributed by atoms with E-state index in [0.29, 0.717) is 0 Å². The Balaban J connectivity index is 0. The first kappa shape index (κ1) is 20.5. The van der Waals surface area contributed by atoms with Crippen LogP contribution in [0.5, 0.6) is 0 Å². The Morgan fingerprint density at radius 3 is 2.00 bits per heavy atom. The number of rotatable bonds is 7. The molecule has 0 aromatic rings. The summed E-state index contributed by atoms with van der Waals surface area (Å²) in [6.07, 6.45) is -8.04. The van der Waals surface area contributed by atoms with Gasteiger partial charge in [0.15, 0.2) is 6.29 Å². The first-order valence-electron chi connectivity index (χ1n) is 4.03. The normalized spacial score (nSPS) is 18.7. The summed E-state index contributed by atoms with van der Waals surface area (Å²) in [7, 11) is -5.30. The van der Waals surface area contributed by atoms with E-state index >= 15 is 0 Å². The molecule has 0 heterocycles. The van der Waals surface area contributed by atoms with Crippen LogP contribution in [0.2, 0.25) is 0 Å². The average molecular weight is 395 g/mol. The zero-order valence-corrected chi connectivity index (χ0v) is 13.9. The van der Waals surface area contributed by atoms with Gasteiger partial charge in [0.1, 0.15) is 24.4 Å². The molecule has 0 aromatic heterocycles. The van der Waals surface area contributed by atoms with Gasteiger partial charge in [-0.1, -0.05) is 0 Å². The minimum Gasteiger partial charge on any atom is -0.790 e. The summed E-state index contributed by atoms with van der Waals surface area (Å²) < 4.78 is 13.6. The topological polar surface area (TPSA) is 170 Å². The molecule has 0 unspecified atom stereocenters. The van der Waals surface area contributed by atoms with E-state index in [-0.39, 0.29) is 55.2 Å². The molecule has 0 aliphatic rings. The van der Waals surface area contributed by atoms with Crippen molar-refractivity contribution in [3.05, 3.63) is 0 Å². The Morgan fingerprint density at radius 1 is 1.18 bits per heavy atom. The van der Waals surface area contributed by atoms with E-state index in [9.17, 15) is 19.1 Å². The van der Waals surface area contributed by atoms with Crippen LogP contribution >= 0.6 is 7.82 Å². The van der Waals surface area contributed by atoms with Crippen molar-refractivity contribution >= 4 is 63.0 Å². The van der Waals surface area contributed by atoms with E-state index in [1.165, 1.54) is 0 Å². The molecule has 0 aliphatic carbocycles. The van der Waals surface area contributed by atoms with Crippen molar-refractivity contribution in [3.8, 4) is 0 Å². The number of aldehydes is 1. The van der Waals surface area contributed by atoms with Gasteiger partial charge in [0.05, 0.1) is 14.4 Å². The molecule has 4 atom stereocenters. The summed E-state index contributed by atoms with van der Waals surface area (Å²) in [6.45, 7) is -1.09. The minimum atomic E-state index is -5.30. The van der Waals surface area contributed by atoms with Gasteiger partial charge >= 0.3 is 48.9 Å². The molecule has 0 aromatic carbocycles. The van der Waals surface area contributed by atoms with Gasteiger partial charge in [-0.2, -0.15) is 0 Å². The largest absolute Gasteiger partial charge is 2.00 e. The van der Waals surface area contributed by atoms with Crippen molar-refractivity contribution in [2.24, 2.45) is 0 Å². The smallest absolute Gasteiger partial charge is 0.790 e. The van der Waals surface area contributed by atoms with Gasteiger partial charge in [0.2, 0.25) is 0 Å². The van der Waals surface area contributed by atoms with Crippen LogP contribution in [0.3, 0.4) is 0 Å². The van der Waals surface area contributed by atoms with E-state index in [1.54, 1.807) is 0 Å². The molecular weight excluding hydrogens is 384 g/mol. The third kappa shape index (κ3) is 8.83. The number of hydrogen-bond acceptors (Lipinski definition) is 9. The zero-order chi connectivity index (χ0) is 12.9. The molecule has 96 valence electrons. The Kier molecular flexibility index (Phi) is 11.0. The van der Waals surface area contributed by atoms with Crippen molar-refractivity contribution in [2.45, 2.75) is 24.4 Å². The molecule has 0 amide bonds. The Bertz CT molecular complexity index is 268. The first-order valence-corrected chi connectivity index (χ1v) is 5.49. The van der Waals surface area contributed by atoms with E-state index < -0.39 is 38.8 Å². The standard InChI is InChI=1S/C6H13O9P.Ba/c7-1-3(8)5(10)6(11)4(9)2-15-16(12,13)14;/h1,3-6,8-11H,2H2,(H2,12,13,14);/q;+2/p-2/t3-,4+,5+,6+;/m0./s1. The maximum Gasteiger partial charge on any atom is 2.00 e. The second-order valence-corrected chi connectivity index (χ2v) is 4.07. The van der Waals surface area contributed by atoms with E-state index in [0.717, 1.165) is 0 Å². The predicted molar refractivity (Wildman–Crippen MR) is 49.4 cm³/mol. The molecule has 0 saturated heterocycles. The van der Waals surface area contributed by atoms with Gasteiger partial charge < -0.3 is 44.1 Å². The number of carbonyl (C=O) groups excluding carboxylic acids is 1. The summed E-state index contributed by atoms with van der Waals surface area (Å²) in [5, 5.41) is 35.9. The third-order valence-corrected chi connectivity index (χ3v) is 2.10. The molecule has 9 nitrogen and oxygen atoms in total. The van der Waals surface area contributed by atoms with Crippen molar-refractivity contribution in [3.63, 3.8) is 0 Å². The molecular formula is C6H11BaO9P. The van der Waals surface area contributed by atoms with Crippen LogP contribution in [0.15, 0.2) is 0 Å².